The third-order valence-corrected chi connectivity index (χ3v) is 5.41. The normalized spacial score (nSPS) is 15.3. The summed E-state index contributed by atoms with van der Waals surface area (Å²) in [5.41, 5.74) is 1.03. The van der Waals surface area contributed by atoms with Gasteiger partial charge in [-0.05, 0) is 49.7 Å². The second kappa shape index (κ2) is 9.34. The minimum atomic E-state index is -4.58. The van der Waals surface area contributed by atoms with Gasteiger partial charge in [-0.1, -0.05) is 0 Å². The van der Waals surface area contributed by atoms with Gasteiger partial charge in [-0.25, -0.2) is 9.78 Å². The van der Waals surface area contributed by atoms with E-state index in [1.54, 1.807) is 16.7 Å². The average Bonchev–Trinajstić information content (AvgIpc) is 3.22. The Balaban J connectivity index is 1.51. The molecular weight excluding hydrogens is 453 g/mol. The van der Waals surface area contributed by atoms with E-state index in [0.717, 1.165) is 17.7 Å². The van der Waals surface area contributed by atoms with E-state index in [9.17, 15) is 22.8 Å². The number of carbonyl (C=O) groups is 2. The van der Waals surface area contributed by atoms with Crippen LogP contribution in [-0.2, 0) is 20.4 Å². The number of rotatable bonds is 5. The van der Waals surface area contributed by atoms with Crippen molar-refractivity contribution in [3.05, 3.63) is 59.5 Å². The summed E-state index contributed by atoms with van der Waals surface area (Å²) in [7, 11) is 0. The molecule has 1 aromatic carbocycles. The van der Waals surface area contributed by atoms with Crippen molar-refractivity contribution in [1.82, 2.24) is 9.38 Å². The molecule has 1 aliphatic rings. The molecule has 11 heteroatoms. The summed E-state index contributed by atoms with van der Waals surface area (Å²) in [5.74, 6) is -1.58. The first-order valence-electron chi connectivity index (χ1n) is 10.6. The molecule has 180 valence electrons. The molecule has 1 atom stereocenters. The van der Waals surface area contributed by atoms with Crippen LogP contribution in [0.5, 0.6) is 0 Å². The maximum Gasteiger partial charge on any atom is 0.416 e. The first-order valence-corrected chi connectivity index (χ1v) is 10.6. The van der Waals surface area contributed by atoms with Crippen molar-refractivity contribution in [3.8, 4) is 0 Å². The number of morpholine rings is 1. The van der Waals surface area contributed by atoms with Gasteiger partial charge in [0, 0.05) is 25.5 Å². The predicted octanol–water partition coefficient (Wildman–Crippen LogP) is 3.68. The zero-order valence-corrected chi connectivity index (χ0v) is 18.6. The van der Waals surface area contributed by atoms with Crippen molar-refractivity contribution in [2.24, 2.45) is 0 Å². The van der Waals surface area contributed by atoms with E-state index >= 15 is 0 Å². The first kappa shape index (κ1) is 23.6. The number of hydrogen-bond acceptors (Lipinski definition) is 6. The number of nitrogens with zero attached hydrogens (tertiary/aromatic N) is 3. The number of imidazole rings is 1. The van der Waals surface area contributed by atoms with E-state index in [-0.39, 0.29) is 11.4 Å². The lowest BCUT2D eigenvalue weighted by Crippen LogP contribution is -2.37. The van der Waals surface area contributed by atoms with Gasteiger partial charge in [-0.3, -0.25) is 4.79 Å². The van der Waals surface area contributed by atoms with Gasteiger partial charge in [0.2, 0.25) is 0 Å². The lowest BCUT2D eigenvalue weighted by Gasteiger charge is -2.31. The van der Waals surface area contributed by atoms with E-state index in [4.69, 9.17) is 9.47 Å². The Morgan fingerprint density at radius 3 is 2.62 bits per heavy atom. The van der Waals surface area contributed by atoms with Crippen LogP contribution in [0.1, 0.15) is 28.5 Å². The number of amides is 1. The van der Waals surface area contributed by atoms with E-state index < -0.39 is 29.7 Å². The molecule has 0 radical (unpaired) electrons. The highest BCUT2D eigenvalue weighted by Crippen LogP contribution is 2.36. The van der Waals surface area contributed by atoms with Crippen LogP contribution >= 0.6 is 0 Å². The van der Waals surface area contributed by atoms with E-state index in [1.807, 2.05) is 17.9 Å². The fraction of sp³-hybridized carbons (Fsp3) is 0.348. The van der Waals surface area contributed by atoms with Crippen molar-refractivity contribution in [1.29, 1.82) is 0 Å². The van der Waals surface area contributed by atoms with Crippen LogP contribution < -0.4 is 10.2 Å². The summed E-state index contributed by atoms with van der Waals surface area (Å²) in [6, 6.07) is 6.80. The van der Waals surface area contributed by atoms with Crippen LogP contribution in [0, 0.1) is 6.92 Å². The number of fused-ring (bicyclic) bond motifs is 1. The summed E-state index contributed by atoms with van der Waals surface area (Å²) >= 11 is 0. The number of anilines is 2. The predicted molar refractivity (Wildman–Crippen MR) is 118 cm³/mol. The largest absolute Gasteiger partial charge is 0.448 e. The third-order valence-electron chi connectivity index (χ3n) is 5.41. The summed E-state index contributed by atoms with van der Waals surface area (Å²) in [6.07, 6.45) is -2.63. The van der Waals surface area contributed by atoms with Gasteiger partial charge in [0.15, 0.2) is 11.8 Å². The van der Waals surface area contributed by atoms with E-state index in [1.165, 1.54) is 19.2 Å². The molecule has 1 fully saturated rings. The molecule has 3 heterocycles. The maximum atomic E-state index is 13.3. The van der Waals surface area contributed by atoms with Gasteiger partial charge < -0.3 is 24.1 Å². The molecule has 1 aliphatic heterocycles. The van der Waals surface area contributed by atoms with E-state index in [0.29, 0.717) is 37.6 Å². The molecule has 0 bridgehead atoms. The van der Waals surface area contributed by atoms with Crippen LogP contribution in [0.4, 0.5) is 24.5 Å². The minimum Gasteiger partial charge on any atom is -0.448 e. The Morgan fingerprint density at radius 2 is 1.91 bits per heavy atom. The molecule has 3 aromatic rings. The third kappa shape index (κ3) is 5.14. The molecule has 0 spiro atoms. The molecule has 8 nitrogen and oxygen atoms in total. The minimum absolute atomic E-state index is 0.0123. The quantitative estimate of drug-likeness (QED) is 0.566. The summed E-state index contributed by atoms with van der Waals surface area (Å²) < 4.78 is 52.0. The molecule has 0 saturated carbocycles. The summed E-state index contributed by atoms with van der Waals surface area (Å²) in [4.78, 5) is 31.3. The Bertz CT molecular complexity index is 1220. The standard InChI is InChI=1S/C23H23F3N4O4/c1-14-5-6-30-13-18(27-20(30)11-14)22(32)34-15(2)21(31)28-17-12-16(23(24,25)26)3-4-19(17)29-7-9-33-10-8-29/h3-6,11-13,15H,7-10H2,1-2H3,(H,28,31)/t15-/m1/s1. The average molecular weight is 476 g/mol. The smallest absolute Gasteiger partial charge is 0.416 e. The Labute approximate surface area is 193 Å². The van der Waals surface area contributed by atoms with Crippen molar-refractivity contribution < 1.29 is 32.2 Å². The number of aryl methyl sites for hydroxylation is 1. The number of benzene rings is 1. The fourth-order valence-electron chi connectivity index (χ4n) is 3.58. The monoisotopic (exact) mass is 476 g/mol. The molecular formula is C23H23F3N4O4. The number of nitrogens with one attached hydrogen (secondary N) is 1. The SMILES string of the molecule is Cc1ccn2cc(C(=O)O[C@H](C)C(=O)Nc3cc(C(F)(F)F)ccc3N3CCOCC3)nc2c1. The van der Waals surface area contributed by atoms with Gasteiger partial charge in [-0.15, -0.1) is 0 Å². The number of pyridine rings is 1. The second-order valence-electron chi connectivity index (χ2n) is 7.96. The number of carbonyl (C=O) groups excluding carboxylic acids is 2. The van der Waals surface area contributed by atoms with Gasteiger partial charge in [0.1, 0.15) is 5.65 Å². The zero-order valence-electron chi connectivity index (χ0n) is 18.6. The fourth-order valence-corrected chi connectivity index (χ4v) is 3.58. The molecule has 2 aromatic heterocycles. The van der Waals surface area contributed by atoms with Crippen LogP contribution in [0.3, 0.4) is 0 Å². The van der Waals surface area contributed by atoms with E-state index in [2.05, 4.69) is 10.3 Å². The molecule has 1 N–H and O–H groups in total. The first-order chi connectivity index (χ1) is 16.1. The van der Waals surface area contributed by atoms with Gasteiger partial charge in [-0.2, -0.15) is 13.2 Å². The molecule has 1 saturated heterocycles. The summed E-state index contributed by atoms with van der Waals surface area (Å²) in [6.45, 7) is 4.99. The van der Waals surface area contributed by atoms with Crippen molar-refractivity contribution >= 4 is 28.9 Å². The molecule has 0 unspecified atom stereocenters. The number of hydrogen-bond donors (Lipinski definition) is 1. The number of aromatic nitrogens is 2. The lowest BCUT2D eigenvalue weighted by molar-refractivity contribution is -0.137. The van der Waals surface area contributed by atoms with Gasteiger partial charge >= 0.3 is 12.1 Å². The number of halogens is 3. The van der Waals surface area contributed by atoms with Crippen LogP contribution in [-0.4, -0.2) is 53.7 Å². The number of alkyl halides is 3. The lowest BCUT2D eigenvalue weighted by atomic mass is 10.1. The van der Waals surface area contributed by atoms with Gasteiger partial charge in [0.05, 0.1) is 30.2 Å². The molecule has 1 amide bonds. The van der Waals surface area contributed by atoms with Crippen molar-refractivity contribution in [2.45, 2.75) is 26.1 Å². The topological polar surface area (TPSA) is 85.2 Å². The second-order valence-corrected chi connectivity index (χ2v) is 7.96. The Morgan fingerprint density at radius 1 is 1.18 bits per heavy atom. The van der Waals surface area contributed by atoms with Gasteiger partial charge in [0.25, 0.3) is 5.91 Å². The number of ether oxygens (including phenoxy) is 2. The Hall–Kier alpha value is -3.60. The highest BCUT2D eigenvalue weighted by Gasteiger charge is 2.32. The van der Waals surface area contributed by atoms with Crippen molar-refractivity contribution in [3.63, 3.8) is 0 Å². The molecule has 0 aliphatic carbocycles. The summed E-state index contributed by atoms with van der Waals surface area (Å²) in [5, 5.41) is 2.49. The molecule has 34 heavy (non-hydrogen) atoms. The molecule has 4 rings (SSSR count). The highest BCUT2D eigenvalue weighted by atomic mass is 19.4. The van der Waals surface area contributed by atoms with Crippen LogP contribution in [0.15, 0.2) is 42.7 Å². The zero-order chi connectivity index (χ0) is 24.5. The van der Waals surface area contributed by atoms with Crippen LogP contribution in [0.2, 0.25) is 0 Å². The van der Waals surface area contributed by atoms with Crippen molar-refractivity contribution in [2.75, 3.05) is 36.5 Å². The Kier molecular flexibility index (Phi) is 6.47. The highest BCUT2D eigenvalue weighted by molar-refractivity contribution is 5.99. The number of esters is 1. The van der Waals surface area contributed by atoms with Crippen LogP contribution in [0.25, 0.3) is 5.65 Å². The maximum absolute atomic E-state index is 13.3.